The summed E-state index contributed by atoms with van der Waals surface area (Å²) in [5.74, 6) is -3.11. The lowest BCUT2D eigenvalue weighted by molar-refractivity contribution is -0.190. The topological polar surface area (TPSA) is 59.5 Å². The molecule has 1 saturated heterocycles. The van der Waals surface area contributed by atoms with Crippen molar-refractivity contribution < 1.29 is 40.7 Å². The monoisotopic (exact) mass is 398 g/mol. The number of amides is 1. The van der Waals surface area contributed by atoms with Crippen LogP contribution in [-0.4, -0.2) is 41.1 Å². The average Bonchev–Trinajstić information content (AvgIpc) is 2.57. The Balaban J connectivity index is 2.24. The van der Waals surface area contributed by atoms with E-state index in [-0.39, 0.29) is 24.4 Å². The number of ether oxygens (including phenoxy) is 1. The molecule has 1 amide bonds. The van der Waals surface area contributed by atoms with E-state index < -0.39 is 42.4 Å². The number of nitrogens with zero attached hydrogens (tertiary/aromatic N) is 2. The number of esters is 1. The van der Waals surface area contributed by atoms with Crippen LogP contribution in [0.25, 0.3) is 0 Å². The van der Waals surface area contributed by atoms with E-state index in [1.54, 1.807) is 6.92 Å². The fourth-order valence-corrected chi connectivity index (χ4v) is 2.84. The van der Waals surface area contributed by atoms with Gasteiger partial charge in [0.25, 0.3) is 0 Å². The zero-order valence-electron chi connectivity index (χ0n) is 14.1. The molecule has 1 aliphatic rings. The highest BCUT2D eigenvalue weighted by Gasteiger charge is 2.38. The van der Waals surface area contributed by atoms with Crippen LogP contribution in [0.3, 0.4) is 0 Å². The molecule has 0 saturated carbocycles. The van der Waals surface area contributed by atoms with Gasteiger partial charge in [-0.2, -0.15) is 26.3 Å². The molecule has 0 radical (unpaired) electrons. The van der Waals surface area contributed by atoms with Crippen molar-refractivity contribution >= 4 is 11.9 Å². The molecule has 27 heavy (non-hydrogen) atoms. The van der Waals surface area contributed by atoms with Crippen molar-refractivity contribution in [1.82, 2.24) is 9.88 Å². The summed E-state index contributed by atoms with van der Waals surface area (Å²) in [6, 6.07) is -0.100. The lowest BCUT2D eigenvalue weighted by Gasteiger charge is -2.38. The Hall–Kier alpha value is -2.33. The summed E-state index contributed by atoms with van der Waals surface area (Å²) >= 11 is 0. The number of piperidine rings is 1. The smallest absolute Gasteiger partial charge is 0.422 e. The predicted molar refractivity (Wildman–Crippen MR) is 79.1 cm³/mol. The van der Waals surface area contributed by atoms with Gasteiger partial charge in [-0.1, -0.05) is 6.92 Å². The SMILES string of the molecule is CC1CCC(c2cncc(C(F)(F)F)c2)N(C(=O)C(=O)OCC(F)(F)F)C1. The number of hydrogen-bond donors (Lipinski definition) is 0. The van der Waals surface area contributed by atoms with Gasteiger partial charge in [-0.3, -0.25) is 9.78 Å². The fraction of sp³-hybridized carbons (Fsp3) is 0.562. The van der Waals surface area contributed by atoms with Crippen LogP contribution in [0.1, 0.15) is 36.9 Å². The van der Waals surface area contributed by atoms with E-state index in [2.05, 4.69) is 9.72 Å². The number of hydrogen-bond acceptors (Lipinski definition) is 4. The van der Waals surface area contributed by atoms with Crippen molar-refractivity contribution in [3.05, 3.63) is 29.6 Å². The first-order valence-electron chi connectivity index (χ1n) is 7.95. The minimum atomic E-state index is -4.80. The second-order valence-electron chi connectivity index (χ2n) is 6.35. The molecule has 0 aromatic carbocycles. The summed E-state index contributed by atoms with van der Waals surface area (Å²) in [5.41, 5.74) is -0.973. The molecule has 0 N–H and O–H groups in total. The lowest BCUT2D eigenvalue weighted by Crippen LogP contribution is -2.45. The highest BCUT2D eigenvalue weighted by atomic mass is 19.4. The third kappa shape index (κ3) is 5.57. The maximum atomic E-state index is 12.9. The molecule has 0 spiro atoms. The van der Waals surface area contributed by atoms with Crippen molar-refractivity contribution in [2.75, 3.05) is 13.2 Å². The summed E-state index contributed by atoms with van der Waals surface area (Å²) in [6.45, 7) is -0.167. The highest BCUT2D eigenvalue weighted by molar-refractivity contribution is 6.32. The van der Waals surface area contributed by atoms with Crippen LogP contribution in [0.2, 0.25) is 0 Å². The Morgan fingerprint density at radius 1 is 1.19 bits per heavy atom. The molecule has 150 valence electrons. The molecule has 2 rings (SSSR count). The van der Waals surface area contributed by atoms with Crippen LogP contribution >= 0.6 is 0 Å². The van der Waals surface area contributed by atoms with Crippen molar-refractivity contribution in [3.63, 3.8) is 0 Å². The van der Waals surface area contributed by atoms with Crippen LogP contribution in [0.4, 0.5) is 26.3 Å². The maximum Gasteiger partial charge on any atom is 0.422 e. The van der Waals surface area contributed by atoms with Crippen LogP contribution in [0.5, 0.6) is 0 Å². The Morgan fingerprint density at radius 3 is 2.44 bits per heavy atom. The minimum absolute atomic E-state index is 0.000856. The minimum Gasteiger partial charge on any atom is -0.449 e. The Labute approximate surface area is 150 Å². The number of likely N-dealkylation sites (tertiary alicyclic amines) is 1. The Bertz CT molecular complexity index is 704. The highest BCUT2D eigenvalue weighted by Crippen LogP contribution is 2.36. The molecule has 2 heterocycles. The van der Waals surface area contributed by atoms with Gasteiger partial charge in [0.1, 0.15) is 0 Å². The van der Waals surface area contributed by atoms with Gasteiger partial charge in [0, 0.05) is 18.9 Å². The summed E-state index contributed by atoms with van der Waals surface area (Å²) < 4.78 is 79.1. The molecule has 0 bridgehead atoms. The molecule has 2 unspecified atom stereocenters. The third-order valence-electron chi connectivity index (χ3n) is 4.09. The van der Waals surface area contributed by atoms with Gasteiger partial charge < -0.3 is 9.64 Å². The van der Waals surface area contributed by atoms with E-state index >= 15 is 0 Å². The Morgan fingerprint density at radius 2 is 1.85 bits per heavy atom. The van der Waals surface area contributed by atoms with Crippen LogP contribution in [0, 0.1) is 5.92 Å². The van der Waals surface area contributed by atoms with Crippen LogP contribution in [-0.2, 0) is 20.5 Å². The zero-order chi connectivity index (χ0) is 20.4. The standard InChI is InChI=1S/C16H16F6N2O3/c1-9-2-3-12(10-4-11(6-23-5-10)16(20,21)22)24(7-9)13(25)14(26)27-8-15(17,18)19/h4-6,9,12H,2-3,7-8H2,1H3. The first-order valence-corrected chi connectivity index (χ1v) is 7.95. The van der Waals surface area contributed by atoms with Gasteiger partial charge in [-0.15, -0.1) is 0 Å². The first-order chi connectivity index (χ1) is 12.4. The molecule has 1 aliphatic heterocycles. The summed E-state index contributed by atoms with van der Waals surface area (Å²) in [5, 5.41) is 0. The van der Waals surface area contributed by atoms with Gasteiger partial charge in [-0.25, -0.2) is 4.79 Å². The van der Waals surface area contributed by atoms with E-state index in [9.17, 15) is 35.9 Å². The van der Waals surface area contributed by atoms with Gasteiger partial charge in [0.15, 0.2) is 6.61 Å². The number of carbonyl (C=O) groups is 2. The number of alkyl halides is 6. The summed E-state index contributed by atoms with van der Waals surface area (Å²) in [6.07, 6.45) is -6.89. The molecule has 5 nitrogen and oxygen atoms in total. The molecule has 11 heteroatoms. The quantitative estimate of drug-likeness (QED) is 0.435. The van der Waals surface area contributed by atoms with E-state index in [1.807, 2.05) is 0 Å². The van der Waals surface area contributed by atoms with Crippen molar-refractivity contribution in [3.8, 4) is 0 Å². The lowest BCUT2D eigenvalue weighted by atomic mass is 9.90. The predicted octanol–water partition coefficient (Wildman–Crippen LogP) is 3.51. The molecule has 1 aromatic heterocycles. The molecular formula is C16H16F6N2O3. The van der Waals surface area contributed by atoms with E-state index in [0.717, 1.165) is 17.2 Å². The van der Waals surface area contributed by atoms with Crippen molar-refractivity contribution in [1.29, 1.82) is 0 Å². The van der Waals surface area contributed by atoms with E-state index in [4.69, 9.17) is 0 Å². The number of aromatic nitrogens is 1. The molecule has 2 atom stereocenters. The Kier molecular flexibility index (Phi) is 6.01. The van der Waals surface area contributed by atoms with Gasteiger partial charge >= 0.3 is 24.2 Å². The number of pyridine rings is 1. The van der Waals surface area contributed by atoms with Crippen LogP contribution < -0.4 is 0 Å². The van der Waals surface area contributed by atoms with Gasteiger partial charge in [-0.05, 0) is 30.4 Å². The average molecular weight is 398 g/mol. The van der Waals surface area contributed by atoms with E-state index in [1.165, 1.54) is 0 Å². The summed E-state index contributed by atoms with van der Waals surface area (Å²) in [7, 11) is 0. The number of rotatable bonds is 2. The maximum absolute atomic E-state index is 12.9. The van der Waals surface area contributed by atoms with Crippen LogP contribution in [0.15, 0.2) is 18.5 Å². The van der Waals surface area contributed by atoms with Gasteiger partial charge in [0.2, 0.25) is 0 Å². The molecule has 0 aliphatic carbocycles. The second kappa shape index (κ2) is 7.73. The number of halogens is 6. The molecule has 1 aromatic rings. The third-order valence-corrected chi connectivity index (χ3v) is 4.09. The van der Waals surface area contributed by atoms with E-state index in [0.29, 0.717) is 12.6 Å². The molecule has 1 fully saturated rings. The van der Waals surface area contributed by atoms with Crippen molar-refractivity contribution in [2.45, 2.75) is 38.2 Å². The largest absolute Gasteiger partial charge is 0.449 e. The molecular weight excluding hydrogens is 382 g/mol. The second-order valence-corrected chi connectivity index (χ2v) is 6.35. The first kappa shape index (κ1) is 21.0. The number of carbonyl (C=O) groups excluding carboxylic acids is 2. The fourth-order valence-electron chi connectivity index (χ4n) is 2.84. The van der Waals surface area contributed by atoms with Gasteiger partial charge in [0.05, 0.1) is 11.6 Å². The normalized spacial score (nSPS) is 21.1. The summed E-state index contributed by atoms with van der Waals surface area (Å²) in [4.78, 5) is 28.4. The zero-order valence-corrected chi connectivity index (χ0v) is 14.1. The van der Waals surface area contributed by atoms with Crippen molar-refractivity contribution in [2.24, 2.45) is 5.92 Å².